The first-order chi connectivity index (χ1) is 51.7. The third-order valence-electron chi connectivity index (χ3n) is 22.1. The molecule has 0 atom stereocenters. The van der Waals surface area contributed by atoms with Crippen LogP contribution in [0.25, 0.3) is 55.6 Å². The predicted octanol–water partition coefficient (Wildman–Crippen LogP) is 18.2. The lowest BCUT2D eigenvalue weighted by molar-refractivity contribution is 0.590. The normalized spacial score (nSPS) is 12.5. The molecule has 0 saturated carbocycles. The molecule has 0 N–H and O–H groups in total. The summed E-state index contributed by atoms with van der Waals surface area (Å²) >= 11 is 0. The minimum Gasteiger partial charge on any atom is -0.311 e. The Morgan fingerprint density at radius 2 is 0.505 bits per heavy atom. The Bertz CT molecular complexity index is 5420. The molecule has 2 heterocycles. The third-order valence-corrected chi connectivity index (χ3v) is 31.6. The van der Waals surface area contributed by atoms with Gasteiger partial charge in [0.1, 0.15) is 0 Å². The number of para-hydroxylation sites is 2. The maximum atomic E-state index is 2.69. The lowest BCUT2D eigenvalue weighted by Crippen LogP contribution is -2.75. The van der Waals surface area contributed by atoms with Crippen LogP contribution in [0, 0.1) is 0 Å². The molecule has 16 aromatic rings. The summed E-state index contributed by atoms with van der Waals surface area (Å²) < 4.78 is 0. The van der Waals surface area contributed by atoms with Crippen molar-refractivity contribution in [3.63, 3.8) is 0 Å². The van der Waals surface area contributed by atoms with E-state index in [1.165, 1.54) is 91.3 Å². The van der Waals surface area contributed by atoms with Crippen molar-refractivity contribution in [2.45, 2.75) is 26.2 Å². The van der Waals surface area contributed by atoms with Gasteiger partial charge in [-0.3, -0.25) is 0 Å². The molecule has 2 aliphatic rings. The van der Waals surface area contributed by atoms with Gasteiger partial charge in [0.2, 0.25) is 0 Å². The quantitative estimate of drug-likeness (QED) is 0.0746. The van der Waals surface area contributed by atoms with E-state index in [-0.39, 0.29) is 12.1 Å². The van der Waals surface area contributed by atoms with E-state index in [9.17, 15) is 0 Å². The van der Waals surface area contributed by atoms with Gasteiger partial charge in [-0.15, -0.1) is 0 Å². The summed E-state index contributed by atoms with van der Waals surface area (Å²) in [5, 5.41) is 10.5. The van der Waals surface area contributed by atoms with Crippen LogP contribution in [0.2, 0.25) is 0 Å². The predicted molar refractivity (Wildman–Crippen MR) is 454 cm³/mol. The second-order valence-corrected chi connectivity index (χ2v) is 36.7. The second kappa shape index (κ2) is 27.1. The monoisotopic (exact) mass is 1370 g/mol. The first-order valence-electron chi connectivity index (χ1n) is 36.7. The van der Waals surface area contributed by atoms with Gasteiger partial charge in [-0.1, -0.05) is 397 Å². The highest BCUT2D eigenvalue weighted by atomic mass is 28.3. The summed E-state index contributed by atoms with van der Waals surface area (Å²) in [5.41, 5.74) is 23.5. The standard InChI is InChI=1S/C100H77BN2Si2/c1-100(2,3)80-46-32-43-76(65-80)79-68-97-99-98(69-79)103(94-60-31-29-58-90(94)75-41-18-7-19-42-75)96-71-88(105(83-51-24-10-25-52-83,84-53-26-11-27-54-84)86-56-34-45-78(67-86)73-37-14-5-15-38-73)62-64-92(96)101(99)91-63-61-87(70-95(91)102(97)93-59-30-28-57-89(93)74-39-16-6-17-40-74)104(81-47-20-8-21-48-81,82-49-22-9-23-50-82)85-55-33-44-77(66-85)72-35-12-4-13-36-72/h4-71H,1-3H3. The van der Waals surface area contributed by atoms with E-state index in [2.05, 4.69) is 443 Å². The molecule has 5 heteroatoms. The van der Waals surface area contributed by atoms with Crippen LogP contribution in [0.3, 0.4) is 0 Å². The fourth-order valence-electron chi connectivity index (χ4n) is 17.2. The van der Waals surface area contributed by atoms with Crippen LogP contribution in [0.1, 0.15) is 26.3 Å². The number of anilines is 6. The van der Waals surface area contributed by atoms with Crippen molar-refractivity contribution in [3.05, 3.63) is 418 Å². The molecule has 0 fully saturated rings. The minimum atomic E-state index is -3.29. The van der Waals surface area contributed by atoms with E-state index in [1.807, 2.05) is 0 Å². The highest BCUT2D eigenvalue weighted by Gasteiger charge is 2.49. The number of rotatable bonds is 15. The molecule has 0 spiro atoms. The summed E-state index contributed by atoms with van der Waals surface area (Å²) in [6, 6.07) is 157. The highest BCUT2D eigenvalue weighted by molar-refractivity contribution is 7.21. The van der Waals surface area contributed by atoms with Crippen molar-refractivity contribution < 1.29 is 0 Å². The van der Waals surface area contributed by atoms with E-state index >= 15 is 0 Å². The first-order valence-corrected chi connectivity index (χ1v) is 40.7. The zero-order valence-corrected chi connectivity index (χ0v) is 61.2. The van der Waals surface area contributed by atoms with E-state index in [4.69, 9.17) is 0 Å². The van der Waals surface area contributed by atoms with Gasteiger partial charge >= 0.3 is 0 Å². The van der Waals surface area contributed by atoms with E-state index < -0.39 is 16.1 Å². The van der Waals surface area contributed by atoms with Crippen LogP contribution in [0.5, 0.6) is 0 Å². The molecular formula is C100H77BN2Si2. The number of benzene rings is 16. The number of fused-ring (bicyclic) bond motifs is 4. The van der Waals surface area contributed by atoms with Gasteiger partial charge in [-0.05, 0) is 150 Å². The Morgan fingerprint density at radius 3 is 0.876 bits per heavy atom. The minimum absolute atomic E-state index is 0.113. The van der Waals surface area contributed by atoms with Gasteiger partial charge in [-0.25, -0.2) is 0 Å². The molecule has 0 saturated heterocycles. The molecule has 2 aliphatic heterocycles. The number of hydrogen-bond donors (Lipinski definition) is 0. The van der Waals surface area contributed by atoms with Gasteiger partial charge in [0.05, 0.1) is 11.4 Å². The zero-order valence-electron chi connectivity index (χ0n) is 59.2. The van der Waals surface area contributed by atoms with Gasteiger partial charge in [0, 0.05) is 33.9 Å². The molecule has 0 amide bonds. The van der Waals surface area contributed by atoms with Crippen molar-refractivity contribution in [1.29, 1.82) is 0 Å². The van der Waals surface area contributed by atoms with Crippen molar-refractivity contribution >= 4 is 115 Å². The van der Waals surface area contributed by atoms with Crippen LogP contribution < -0.4 is 67.7 Å². The number of hydrogen-bond acceptors (Lipinski definition) is 2. The Morgan fingerprint density at radius 1 is 0.210 bits per heavy atom. The fourth-order valence-corrected chi connectivity index (χ4v) is 26.8. The summed E-state index contributed by atoms with van der Waals surface area (Å²) in [5.74, 6) is 0. The lowest BCUT2D eigenvalue weighted by Gasteiger charge is -2.46. The SMILES string of the molecule is CC(C)(C)c1cccc(-c2cc3c4c(c2)N(c2ccccc2-c2ccccc2)c2cc([Si](c5ccccc5)(c5ccccc5)c5cccc(-c6ccccc6)c5)ccc2B4c2ccc([Si](c4ccccc4)(c4ccccc4)c4cccc(-c5ccccc5)c4)cc2N3c2ccccc2-c2ccccc2)c1. The lowest BCUT2D eigenvalue weighted by atomic mass is 9.33. The van der Waals surface area contributed by atoms with Gasteiger partial charge in [-0.2, -0.15) is 0 Å². The van der Waals surface area contributed by atoms with E-state index in [0.717, 1.165) is 61.9 Å². The Kier molecular flexibility index (Phi) is 16.7. The summed E-state index contributed by atoms with van der Waals surface area (Å²) in [6.07, 6.45) is 0. The average Bonchev–Trinajstić information content (AvgIpc) is 0.687. The maximum absolute atomic E-state index is 3.29. The second-order valence-electron chi connectivity index (χ2n) is 29.0. The van der Waals surface area contributed by atoms with Gasteiger partial charge < -0.3 is 9.80 Å². The average molecular weight is 1370 g/mol. The Labute approximate surface area is 620 Å². The van der Waals surface area contributed by atoms with Crippen LogP contribution in [0.15, 0.2) is 413 Å². The molecular weight excluding hydrogens is 1300 g/mol. The summed E-state index contributed by atoms with van der Waals surface area (Å²) in [6.45, 7) is 6.76. The van der Waals surface area contributed by atoms with E-state index in [1.54, 1.807) is 0 Å². The summed E-state index contributed by atoms with van der Waals surface area (Å²) in [7, 11) is -6.57. The van der Waals surface area contributed by atoms with Crippen molar-refractivity contribution in [1.82, 2.24) is 0 Å². The van der Waals surface area contributed by atoms with E-state index in [0.29, 0.717) is 0 Å². The first kappa shape index (κ1) is 64.7. The third kappa shape index (κ3) is 11.3. The largest absolute Gasteiger partial charge is 0.311 e. The molecule has 105 heavy (non-hydrogen) atoms. The van der Waals surface area contributed by atoms with Gasteiger partial charge in [0.25, 0.3) is 6.71 Å². The molecule has 18 rings (SSSR count). The molecule has 2 nitrogen and oxygen atoms in total. The van der Waals surface area contributed by atoms with Crippen LogP contribution in [-0.2, 0) is 5.41 Å². The molecule has 16 aromatic carbocycles. The van der Waals surface area contributed by atoms with Crippen molar-refractivity contribution in [2.75, 3.05) is 9.80 Å². The molecule has 0 radical (unpaired) electrons. The maximum Gasteiger partial charge on any atom is 0.252 e. The zero-order chi connectivity index (χ0) is 70.5. The highest BCUT2D eigenvalue weighted by Crippen LogP contribution is 2.50. The Balaban J connectivity index is 0.999. The van der Waals surface area contributed by atoms with Crippen molar-refractivity contribution in [3.8, 4) is 55.6 Å². The summed E-state index contributed by atoms with van der Waals surface area (Å²) in [4.78, 5) is 5.37. The van der Waals surface area contributed by atoms with Crippen LogP contribution in [0.4, 0.5) is 34.1 Å². The van der Waals surface area contributed by atoms with Crippen molar-refractivity contribution in [2.24, 2.45) is 0 Å². The molecule has 498 valence electrons. The topological polar surface area (TPSA) is 6.48 Å². The Hall–Kier alpha value is -12.4. The molecule has 0 aliphatic carbocycles. The fraction of sp³-hybridized carbons (Fsp3) is 0.0400. The molecule has 0 bridgehead atoms. The smallest absolute Gasteiger partial charge is 0.252 e. The van der Waals surface area contributed by atoms with Crippen LogP contribution >= 0.6 is 0 Å². The molecule has 0 aromatic heterocycles. The number of nitrogens with zero attached hydrogens (tertiary/aromatic N) is 2. The molecule has 0 unspecified atom stereocenters. The van der Waals surface area contributed by atoms with Crippen LogP contribution in [-0.4, -0.2) is 22.9 Å². The van der Waals surface area contributed by atoms with Gasteiger partial charge in [0.15, 0.2) is 16.1 Å².